The van der Waals surface area contributed by atoms with Gasteiger partial charge in [0, 0.05) is 6.42 Å². The van der Waals surface area contributed by atoms with Gasteiger partial charge in [-0.05, 0) is 25.5 Å². The third kappa shape index (κ3) is 3.38. The molecule has 4 nitrogen and oxygen atoms in total. The van der Waals surface area contributed by atoms with Gasteiger partial charge < -0.3 is 0 Å². The van der Waals surface area contributed by atoms with Crippen molar-refractivity contribution in [3.05, 3.63) is 29.8 Å². The minimum absolute atomic E-state index is 0.123. The predicted molar refractivity (Wildman–Crippen MR) is 66.3 cm³/mol. The van der Waals surface area contributed by atoms with Crippen LogP contribution in [0, 0.1) is 6.92 Å². The number of rotatable bonds is 5. The molecule has 1 rings (SSSR count). The summed E-state index contributed by atoms with van der Waals surface area (Å²) < 4.78 is 26.4. The van der Waals surface area contributed by atoms with Crippen molar-refractivity contribution in [3.63, 3.8) is 0 Å². The lowest BCUT2D eigenvalue weighted by atomic mass is 10.2. The Labute approximate surface area is 102 Å². The van der Waals surface area contributed by atoms with Crippen molar-refractivity contribution >= 4 is 15.8 Å². The molecule has 1 unspecified atom stereocenters. The van der Waals surface area contributed by atoms with Crippen LogP contribution in [0.5, 0.6) is 0 Å². The molecule has 1 N–H and O–H groups in total. The molecule has 0 heterocycles. The molecule has 1 aromatic carbocycles. The first-order valence-corrected chi connectivity index (χ1v) is 6.97. The van der Waals surface area contributed by atoms with Gasteiger partial charge in [0.25, 0.3) is 0 Å². The SMILES string of the molecule is CCC(=O)C(C)NS(=O)(=O)c1ccccc1C. The molecule has 1 aromatic rings. The van der Waals surface area contributed by atoms with E-state index in [0.29, 0.717) is 12.0 Å². The fourth-order valence-electron chi connectivity index (χ4n) is 1.53. The smallest absolute Gasteiger partial charge is 0.241 e. The maximum atomic E-state index is 12.0. The summed E-state index contributed by atoms with van der Waals surface area (Å²) in [6.07, 6.45) is 0.317. The molecule has 0 amide bonds. The van der Waals surface area contributed by atoms with Crippen molar-refractivity contribution in [2.75, 3.05) is 0 Å². The molecular formula is C12H17NO3S. The van der Waals surface area contributed by atoms with Gasteiger partial charge in [0.1, 0.15) is 5.78 Å². The second-order valence-corrected chi connectivity index (χ2v) is 5.61. The monoisotopic (exact) mass is 255 g/mol. The molecule has 0 spiro atoms. The van der Waals surface area contributed by atoms with Crippen molar-refractivity contribution < 1.29 is 13.2 Å². The third-order valence-corrected chi connectivity index (χ3v) is 4.25. The van der Waals surface area contributed by atoms with E-state index in [4.69, 9.17) is 0 Å². The van der Waals surface area contributed by atoms with Crippen molar-refractivity contribution in [3.8, 4) is 0 Å². The van der Waals surface area contributed by atoms with E-state index in [2.05, 4.69) is 4.72 Å². The van der Waals surface area contributed by atoms with Gasteiger partial charge in [0.05, 0.1) is 10.9 Å². The average molecular weight is 255 g/mol. The Kier molecular flexibility index (Phi) is 4.42. The highest BCUT2D eigenvalue weighted by atomic mass is 32.2. The Morgan fingerprint density at radius 2 is 1.94 bits per heavy atom. The molecule has 17 heavy (non-hydrogen) atoms. The zero-order valence-electron chi connectivity index (χ0n) is 10.2. The fourth-order valence-corrected chi connectivity index (χ4v) is 3.00. The van der Waals surface area contributed by atoms with Crippen LogP contribution >= 0.6 is 0 Å². The highest BCUT2D eigenvalue weighted by Gasteiger charge is 2.21. The molecular weight excluding hydrogens is 238 g/mol. The number of hydrogen-bond acceptors (Lipinski definition) is 3. The highest BCUT2D eigenvalue weighted by Crippen LogP contribution is 2.14. The lowest BCUT2D eigenvalue weighted by Gasteiger charge is -2.13. The Morgan fingerprint density at radius 3 is 2.47 bits per heavy atom. The van der Waals surface area contributed by atoms with Gasteiger partial charge in [-0.2, -0.15) is 0 Å². The lowest BCUT2D eigenvalue weighted by molar-refractivity contribution is -0.119. The Morgan fingerprint density at radius 1 is 1.35 bits per heavy atom. The van der Waals surface area contributed by atoms with E-state index in [1.54, 1.807) is 39.0 Å². The van der Waals surface area contributed by atoms with Crippen LogP contribution in [0.1, 0.15) is 25.8 Å². The normalized spacial score (nSPS) is 13.4. The number of Topliss-reactive ketones (excluding diaryl/α,β-unsaturated/α-hetero) is 1. The summed E-state index contributed by atoms with van der Waals surface area (Å²) in [4.78, 5) is 11.6. The molecule has 0 radical (unpaired) electrons. The van der Waals surface area contributed by atoms with Gasteiger partial charge in [0.2, 0.25) is 10.0 Å². The quantitative estimate of drug-likeness (QED) is 0.870. The van der Waals surface area contributed by atoms with Crippen LogP contribution in [0.3, 0.4) is 0 Å². The van der Waals surface area contributed by atoms with Gasteiger partial charge in [0.15, 0.2) is 0 Å². The van der Waals surface area contributed by atoms with Crippen LogP contribution in [0.2, 0.25) is 0 Å². The predicted octanol–water partition coefficient (Wildman–Crippen LogP) is 1.64. The standard InChI is InChI=1S/C12H17NO3S/c1-4-11(14)10(3)13-17(15,16)12-8-6-5-7-9(12)2/h5-8,10,13H,4H2,1-3H3. The summed E-state index contributed by atoms with van der Waals surface area (Å²) in [5, 5.41) is 0. The van der Waals surface area contributed by atoms with Crippen LogP contribution in [-0.2, 0) is 14.8 Å². The molecule has 0 saturated heterocycles. The second-order valence-electron chi connectivity index (χ2n) is 3.93. The maximum absolute atomic E-state index is 12.0. The molecule has 0 bridgehead atoms. The number of sulfonamides is 1. The van der Waals surface area contributed by atoms with E-state index < -0.39 is 16.1 Å². The Bertz CT molecular complexity index is 508. The van der Waals surface area contributed by atoms with Crippen LogP contribution in [0.15, 0.2) is 29.2 Å². The lowest BCUT2D eigenvalue weighted by Crippen LogP contribution is -2.38. The second kappa shape index (κ2) is 5.42. The number of benzene rings is 1. The maximum Gasteiger partial charge on any atom is 0.241 e. The molecule has 0 saturated carbocycles. The zero-order valence-corrected chi connectivity index (χ0v) is 11.0. The number of hydrogen-bond donors (Lipinski definition) is 1. The minimum Gasteiger partial charge on any atom is -0.298 e. The van der Waals surface area contributed by atoms with E-state index in [9.17, 15) is 13.2 Å². The van der Waals surface area contributed by atoms with E-state index in [-0.39, 0.29) is 10.7 Å². The van der Waals surface area contributed by atoms with Crippen molar-refractivity contribution in [2.24, 2.45) is 0 Å². The average Bonchev–Trinajstić information content (AvgIpc) is 2.27. The van der Waals surface area contributed by atoms with Crippen LogP contribution < -0.4 is 4.72 Å². The van der Waals surface area contributed by atoms with Crippen LogP contribution in [0.25, 0.3) is 0 Å². The first kappa shape index (κ1) is 13.9. The highest BCUT2D eigenvalue weighted by molar-refractivity contribution is 7.89. The first-order valence-electron chi connectivity index (χ1n) is 5.49. The summed E-state index contributed by atoms with van der Waals surface area (Å²) >= 11 is 0. The van der Waals surface area contributed by atoms with Crippen LogP contribution in [0.4, 0.5) is 0 Å². The minimum atomic E-state index is -3.62. The molecule has 0 aromatic heterocycles. The van der Waals surface area contributed by atoms with E-state index in [1.807, 2.05) is 0 Å². The first-order chi connectivity index (χ1) is 7.88. The molecule has 1 atom stereocenters. The molecule has 5 heteroatoms. The van der Waals surface area contributed by atoms with E-state index >= 15 is 0 Å². The summed E-state index contributed by atoms with van der Waals surface area (Å²) in [5.74, 6) is -0.123. The van der Waals surface area contributed by atoms with Gasteiger partial charge in [-0.1, -0.05) is 25.1 Å². The number of ketones is 1. The van der Waals surface area contributed by atoms with Crippen molar-refractivity contribution in [1.82, 2.24) is 4.72 Å². The van der Waals surface area contributed by atoms with Crippen molar-refractivity contribution in [2.45, 2.75) is 38.1 Å². The summed E-state index contributed by atoms with van der Waals surface area (Å²) in [6.45, 7) is 4.99. The van der Waals surface area contributed by atoms with Gasteiger partial charge >= 0.3 is 0 Å². The van der Waals surface area contributed by atoms with E-state index in [0.717, 1.165) is 0 Å². The fraction of sp³-hybridized carbons (Fsp3) is 0.417. The topological polar surface area (TPSA) is 63.2 Å². The van der Waals surface area contributed by atoms with E-state index in [1.165, 1.54) is 6.07 Å². The molecule has 94 valence electrons. The largest absolute Gasteiger partial charge is 0.298 e. The van der Waals surface area contributed by atoms with Gasteiger partial charge in [-0.25, -0.2) is 13.1 Å². The third-order valence-electron chi connectivity index (χ3n) is 2.55. The summed E-state index contributed by atoms with van der Waals surface area (Å²) in [6, 6.07) is 5.99. The van der Waals surface area contributed by atoms with Crippen LogP contribution in [-0.4, -0.2) is 20.2 Å². The Hall–Kier alpha value is -1.20. The number of carbonyl (C=O) groups is 1. The molecule has 0 aliphatic rings. The summed E-state index contributed by atoms with van der Waals surface area (Å²) in [5.41, 5.74) is 0.663. The zero-order chi connectivity index (χ0) is 13.1. The van der Waals surface area contributed by atoms with Gasteiger partial charge in [-0.3, -0.25) is 4.79 Å². The Balaban J connectivity index is 2.98. The number of carbonyl (C=O) groups excluding carboxylic acids is 1. The molecule has 0 aliphatic heterocycles. The molecule has 0 fully saturated rings. The van der Waals surface area contributed by atoms with Crippen molar-refractivity contribution in [1.29, 1.82) is 0 Å². The van der Waals surface area contributed by atoms with Gasteiger partial charge in [-0.15, -0.1) is 0 Å². The number of nitrogens with one attached hydrogen (secondary N) is 1. The molecule has 0 aliphatic carbocycles. The summed E-state index contributed by atoms with van der Waals surface area (Å²) in [7, 11) is -3.62. The number of aryl methyl sites for hydroxylation is 1.